The van der Waals surface area contributed by atoms with E-state index in [0.29, 0.717) is 48.5 Å². The second kappa shape index (κ2) is 13.9. The third-order valence-corrected chi connectivity index (χ3v) is 14.2. The Labute approximate surface area is 329 Å². The molecular weight excluding hydrogens is 766 g/mol. The summed E-state index contributed by atoms with van der Waals surface area (Å²) in [6.45, 7) is 0. The Kier molecular flexibility index (Phi) is 8.78. The van der Waals surface area contributed by atoms with E-state index < -0.39 is 34.3 Å². The first-order chi connectivity index (χ1) is 27.5. The summed E-state index contributed by atoms with van der Waals surface area (Å²) in [5.41, 5.74) is 5.76. The number of hydrogen-bond donors (Lipinski definition) is 5. The molecule has 288 valence electrons. The number of sulfonamides is 2. The molecule has 0 atom stereocenters. The summed E-state index contributed by atoms with van der Waals surface area (Å²) in [6.07, 6.45) is 9.29. The maximum atomic E-state index is 13.3. The Balaban J connectivity index is 0.788. The molecule has 0 amide bonds. The van der Waals surface area contributed by atoms with Crippen LogP contribution >= 0.6 is 0 Å². The molecule has 4 aliphatic rings. The predicted octanol–water partition coefficient (Wildman–Crippen LogP) is 4.77. The van der Waals surface area contributed by atoms with Gasteiger partial charge in [0.15, 0.2) is 0 Å². The summed E-state index contributed by atoms with van der Waals surface area (Å²) in [6, 6.07) is 18.7. The largest absolute Gasteiger partial charge is 0.625 e. The van der Waals surface area contributed by atoms with Crippen molar-refractivity contribution in [2.45, 2.75) is 48.4 Å². The number of fused-ring (bicyclic) bond motifs is 6. The van der Waals surface area contributed by atoms with Crippen LogP contribution in [0.1, 0.15) is 42.4 Å². The van der Waals surface area contributed by atoms with Gasteiger partial charge in [-0.1, -0.05) is 30.3 Å². The number of benzene rings is 2. The molecule has 6 heterocycles. The van der Waals surface area contributed by atoms with Gasteiger partial charge in [0.1, 0.15) is 28.5 Å². The van der Waals surface area contributed by atoms with Gasteiger partial charge in [0.25, 0.3) is 0 Å². The van der Waals surface area contributed by atoms with E-state index in [1.165, 1.54) is 0 Å². The first-order valence-electron chi connectivity index (χ1n) is 18.8. The van der Waals surface area contributed by atoms with Gasteiger partial charge < -0.3 is 29.0 Å². The molecule has 0 saturated heterocycles. The van der Waals surface area contributed by atoms with Gasteiger partial charge in [0.2, 0.25) is 20.0 Å². The summed E-state index contributed by atoms with van der Waals surface area (Å²) in [4.78, 5) is 15.4. The maximum Gasteiger partial charge on any atom is 0.625 e. The Morgan fingerprint density at radius 3 is 1.95 bits per heavy atom. The van der Waals surface area contributed by atoms with Crippen molar-refractivity contribution in [2.24, 2.45) is 11.8 Å². The highest BCUT2D eigenvalue weighted by Gasteiger charge is 2.41. The fraction of sp³-hybridized carbons (Fsp3) is 0.231. The minimum absolute atomic E-state index is 0.0528. The number of H-pyrrole nitrogens is 2. The smallest absolute Gasteiger partial charge is 0.531 e. The van der Waals surface area contributed by atoms with Crippen molar-refractivity contribution in [3.63, 3.8) is 0 Å². The van der Waals surface area contributed by atoms with Gasteiger partial charge >= 0.3 is 14.2 Å². The number of hydrogen-bond acceptors (Lipinski definition) is 10. The molecule has 0 unspecified atom stereocenters. The summed E-state index contributed by atoms with van der Waals surface area (Å²) in [7, 11) is -9.19. The Bertz CT molecular complexity index is 2800. The summed E-state index contributed by atoms with van der Waals surface area (Å²) < 4.78 is 76.4. The van der Waals surface area contributed by atoms with Crippen molar-refractivity contribution in [3.8, 4) is 17.2 Å². The molecule has 2 aliphatic carbocycles. The lowest BCUT2D eigenvalue weighted by molar-refractivity contribution is 0.308. The molecule has 2 fully saturated rings. The minimum Gasteiger partial charge on any atom is -0.531 e. The Hall–Kier alpha value is -5.39. The van der Waals surface area contributed by atoms with Crippen molar-refractivity contribution < 1.29 is 35.8 Å². The normalized spacial score (nSPS) is 21.7. The summed E-state index contributed by atoms with van der Waals surface area (Å²) >= 11 is 0. The van der Waals surface area contributed by atoms with E-state index in [9.17, 15) is 21.9 Å². The number of rotatable bonds is 11. The highest BCUT2D eigenvalue weighted by atomic mass is 32.2. The van der Waals surface area contributed by atoms with Gasteiger partial charge in [0.05, 0.1) is 23.0 Å². The second-order valence-electron chi connectivity index (χ2n) is 15.0. The molecule has 2 aromatic carbocycles. The van der Waals surface area contributed by atoms with E-state index >= 15 is 0 Å². The number of nitrogens with zero attached hydrogens (tertiary/aromatic N) is 2. The Morgan fingerprint density at radius 1 is 0.737 bits per heavy atom. The van der Waals surface area contributed by atoms with Gasteiger partial charge in [-0.3, -0.25) is 0 Å². The SMILES string of the molecule is O=S(=O)(Cc1ccc(OB2C=C([C@H]3C[C@@H](NS(=O)(=O)c4ccccc4)C3)c3c(cnc4[nH]ccc34)O2)cc1)N[C@H]1C[C@@H](C2=CB(O)Oc3cnc4[nH]ccc4c32)C1. The van der Waals surface area contributed by atoms with Gasteiger partial charge in [0, 0.05) is 46.4 Å². The van der Waals surface area contributed by atoms with E-state index in [2.05, 4.69) is 29.4 Å². The molecule has 57 heavy (non-hydrogen) atoms. The lowest BCUT2D eigenvalue weighted by Crippen LogP contribution is -2.45. The van der Waals surface area contributed by atoms with Crippen molar-refractivity contribution >= 4 is 67.5 Å². The Morgan fingerprint density at radius 2 is 1.32 bits per heavy atom. The van der Waals surface area contributed by atoms with Crippen LogP contribution in [0.15, 0.2) is 108 Å². The number of aromatic amines is 2. The monoisotopic (exact) mass is 802 g/mol. The lowest BCUT2D eigenvalue weighted by atomic mass is 9.68. The van der Waals surface area contributed by atoms with E-state index in [0.717, 1.165) is 44.3 Å². The van der Waals surface area contributed by atoms with E-state index in [1.54, 1.807) is 79.2 Å². The van der Waals surface area contributed by atoms with Crippen molar-refractivity contribution in [1.29, 1.82) is 0 Å². The van der Waals surface area contributed by atoms with E-state index in [-0.39, 0.29) is 34.6 Å². The van der Waals surface area contributed by atoms with Gasteiger partial charge in [-0.2, -0.15) is 0 Å². The first kappa shape index (κ1) is 36.0. The third-order valence-electron chi connectivity index (χ3n) is 11.2. The van der Waals surface area contributed by atoms with Crippen LogP contribution in [0, 0.1) is 11.8 Å². The summed E-state index contributed by atoms with van der Waals surface area (Å²) in [5.74, 6) is 5.10. The first-order valence-corrected chi connectivity index (χ1v) is 21.9. The fourth-order valence-electron chi connectivity index (χ4n) is 8.42. The maximum absolute atomic E-state index is 13.3. The van der Waals surface area contributed by atoms with Crippen molar-refractivity contribution in [1.82, 2.24) is 29.4 Å². The molecule has 5 N–H and O–H groups in total. The van der Waals surface area contributed by atoms with Crippen LogP contribution in [0.2, 0.25) is 0 Å². The fourth-order valence-corrected chi connectivity index (χ4v) is 11.1. The summed E-state index contributed by atoms with van der Waals surface area (Å²) in [5, 5.41) is 12.1. The molecule has 2 aliphatic heterocycles. The van der Waals surface area contributed by atoms with Gasteiger partial charge in [-0.15, -0.1) is 0 Å². The second-order valence-corrected chi connectivity index (χ2v) is 18.5. The highest BCUT2D eigenvalue weighted by Crippen LogP contribution is 2.48. The predicted molar refractivity (Wildman–Crippen MR) is 216 cm³/mol. The number of aromatic nitrogens is 4. The quantitative estimate of drug-likeness (QED) is 0.114. The van der Waals surface area contributed by atoms with Crippen LogP contribution in [0.3, 0.4) is 0 Å². The molecular formula is C39H36B2N6O8S2. The van der Waals surface area contributed by atoms with Gasteiger partial charge in [-0.05, 0) is 103 Å². The number of pyridine rings is 2. The van der Waals surface area contributed by atoms with E-state index in [1.807, 2.05) is 24.3 Å². The number of allylic oxidation sites excluding steroid dienone is 2. The van der Waals surface area contributed by atoms with Crippen molar-refractivity contribution in [2.75, 3.05) is 0 Å². The molecule has 0 radical (unpaired) electrons. The van der Waals surface area contributed by atoms with Crippen LogP contribution in [0.25, 0.3) is 33.2 Å². The molecule has 18 heteroatoms. The molecule has 0 spiro atoms. The molecule has 0 bridgehead atoms. The number of nitrogens with one attached hydrogen (secondary N) is 4. The van der Waals surface area contributed by atoms with Crippen LogP contribution in [0.4, 0.5) is 0 Å². The molecule has 2 saturated carbocycles. The molecule has 6 aromatic rings. The lowest BCUT2D eigenvalue weighted by Gasteiger charge is -2.39. The van der Waals surface area contributed by atoms with Crippen LogP contribution in [0.5, 0.6) is 17.2 Å². The molecule has 10 rings (SSSR count). The zero-order valence-electron chi connectivity index (χ0n) is 30.3. The van der Waals surface area contributed by atoms with Gasteiger partial charge in [-0.25, -0.2) is 36.2 Å². The standard InChI is InChI=1S/C39H36B2N6O8S2/c48-40-18-32(36-30-10-12-42-38(30)44-20-34(36)54-40)24-14-26(15-24)46-56(49,50)22-23-6-8-28(9-7-23)53-41-19-33(37-31-11-13-43-39(31)45-21-35(37)55-41)25-16-27(17-25)47-57(51,52)29-4-2-1-3-5-29/h1-13,18-21,24-27,46-48H,14-17,22H2,(H,42,44)(H,43,45)/t24-,25-,26+,27+. The molecule has 14 nitrogen and oxygen atoms in total. The highest BCUT2D eigenvalue weighted by molar-refractivity contribution is 7.89. The van der Waals surface area contributed by atoms with Crippen LogP contribution in [-0.4, -0.2) is 68.1 Å². The average molecular weight is 803 g/mol. The topological polar surface area (TPSA) is 198 Å². The zero-order chi connectivity index (χ0) is 38.9. The van der Waals surface area contributed by atoms with E-state index in [4.69, 9.17) is 14.0 Å². The average Bonchev–Trinajstić information content (AvgIpc) is 3.85. The van der Waals surface area contributed by atoms with Crippen molar-refractivity contribution in [3.05, 3.63) is 120 Å². The van der Waals surface area contributed by atoms with Crippen LogP contribution < -0.4 is 23.4 Å². The minimum atomic E-state index is -3.66. The molecule has 4 aromatic heterocycles. The third kappa shape index (κ3) is 6.90. The zero-order valence-corrected chi connectivity index (χ0v) is 32.0. The van der Waals surface area contributed by atoms with Crippen LogP contribution in [-0.2, 0) is 25.8 Å².